The molecule has 16 heteroatoms. The number of rotatable bonds is 19. The summed E-state index contributed by atoms with van der Waals surface area (Å²) in [5, 5.41) is 85.9. The van der Waals surface area contributed by atoms with E-state index in [0.29, 0.717) is 6.54 Å². The van der Waals surface area contributed by atoms with Gasteiger partial charge in [-0.05, 0) is 13.0 Å². The Bertz CT molecular complexity index is 833. The maximum absolute atomic E-state index is 11.6. The summed E-state index contributed by atoms with van der Waals surface area (Å²) in [5.41, 5.74) is 11.9. The molecule has 2 unspecified atom stereocenters. The minimum Gasteiger partial charge on any atom is -0.394 e. The Morgan fingerprint density at radius 2 is 1.07 bits per heavy atom. The monoisotopic (exact) mass is 669 g/mol. The van der Waals surface area contributed by atoms with Crippen molar-refractivity contribution in [3.05, 3.63) is 0 Å². The average Bonchev–Trinajstić information content (AvgIpc) is 3.05. The van der Waals surface area contributed by atoms with E-state index >= 15 is 0 Å². The zero-order valence-electron chi connectivity index (χ0n) is 26.8. The van der Waals surface area contributed by atoms with E-state index in [0.717, 1.165) is 25.7 Å². The first-order valence-electron chi connectivity index (χ1n) is 16.8. The molecule has 0 spiro atoms. The van der Waals surface area contributed by atoms with Crippen LogP contribution in [0.25, 0.3) is 0 Å². The first-order chi connectivity index (χ1) is 22.1. The van der Waals surface area contributed by atoms with Crippen LogP contribution in [-0.2, 0) is 23.7 Å². The molecule has 13 N–H and O–H groups in total. The van der Waals surface area contributed by atoms with Gasteiger partial charge in [-0.25, -0.2) is 0 Å². The van der Waals surface area contributed by atoms with Crippen molar-refractivity contribution in [2.75, 3.05) is 26.4 Å². The van der Waals surface area contributed by atoms with E-state index in [1.807, 2.05) is 0 Å². The van der Waals surface area contributed by atoms with Gasteiger partial charge in [0.05, 0.1) is 37.9 Å². The van der Waals surface area contributed by atoms with Gasteiger partial charge in [0.25, 0.3) is 0 Å². The third-order valence-corrected chi connectivity index (χ3v) is 9.20. The molecule has 15 atom stereocenters. The van der Waals surface area contributed by atoms with Crippen molar-refractivity contribution in [2.45, 2.75) is 163 Å². The van der Waals surface area contributed by atoms with Crippen LogP contribution in [0.15, 0.2) is 0 Å². The summed E-state index contributed by atoms with van der Waals surface area (Å²) in [6, 6.07) is -3.52. The summed E-state index contributed by atoms with van der Waals surface area (Å²) in [5.74, 6) is 0. The van der Waals surface area contributed by atoms with Gasteiger partial charge in [-0.15, -0.1) is 0 Å². The second kappa shape index (κ2) is 20.1. The van der Waals surface area contributed by atoms with Crippen molar-refractivity contribution in [3.8, 4) is 0 Å². The summed E-state index contributed by atoms with van der Waals surface area (Å²) in [4.78, 5) is 0. The predicted octanol–water partition coefficient (Wildman–Crippen LogP) is -3.12. The van der Waals surface area contributed by atoms with Gasteiger partial charge in [0.1, 0.15) is 54.9 Å². The van der Waals surface area contributed by atoms with Crippen molar-refractivity contribution in [2.24, 2.45) is 11.5 Å². The molecule has 272 valence electrons. The number of unbranched alkanes of at least 4 members (excludes halogenated alkanes) is 9. The molecule has 3 heterocycles. The molecule has 3 saturated heterocycles. The van der Waals surface area contributed by atoms with Crippen molar-refractivity contribution < 1.29 is 64.5 Å². The molecular weight excluding hydrogens is 610 g/mol. The van der Waals surface area contributed by atoms with Gasteiger partial charge in [-0.2, -0.15) is 0 Å². The Morgan fingerprint density at radius 3 is 1.65 bits per heavy atom. The van der Waals surface area contributed by atoms with Crippen LogP contribution in [0.5, 0.6) is 0 Å². The lowest BCUT2D eigenvalue weighted by Gasteiger charge is -2.49. The van der Waals surface area contributed by atoms with Gasteiger partial charge >= 0.3 is 0 Å². The minimum atomic E-state index is -1.55. The molecule has 0 bridgehead atoms. The fourth-order valence-corrected chi connectivity index (χ4v) is 6.26. The second-order valence-corrected chi connectivity index (χ2v) is 12.7. The fraction of sp³-hybridized carbons (Fsp3) is 1.00. The van der Waals surface area contributed by atoms with E-state index in [4.69, 9.17) is 35.2 Å². The summed E-state index contributed by atoms with van der Waals surface area (Å²) in [6.07, 6.45) is -4.94. The third kappa shape index (κ3) is 10.4. The average molecular weight is 670 g/mol. The number of hydrogen-bond donors (Lipinski definition) is 11. The molecule has 0 amide bonds. The normalized spacial score (nSPS) is 41.9. The number of nitrogens with one attached hydrogen (secondary N) is 1. The van der Waals surface area contributed by atoms with E-state index in [9.17, 15) is 40.9 Å². The van der Waals surface area contributed by atoms with Crippen LogP contribution in [0.4, 0.5) is 0 Å². The smallest absolute Gasteiger partial charge is 0.176 e. The molecule has 3 fully saturated rings. The van der Waals surface area contributed by atoms with Crippen LogP contribution in [0, 0.1) is 0 Å². The van der Waals surface area contributed by atoms with Crippen molar-refractivity contribution >= 4 is 0 Å². The van der Waals surface area contributed by atoms with Crippen LogP contribution < -0.4 is 16.8 Å². The zero-order chi connectivity index (χ0) is 33.8. The van der Waals surface area contributed by atoms with Crippen molar-refractivity contribution in [3.63, 3.8) is 0 Å². The Labute approximate surface area is 270 Å². The Morgan fingerprint density at radius 1 is 0.565 bits per heavy atom. The number of nitrogens with two attached hydrogens (primary N) is 2. The molecule has 3 rings (SSSR count). The van der Waals surface area contributed by atoms with Gasteiger partial charge in [-0.1, -0.05) is 64.7 Å². The highest BCUT2D eigenvalue weighted by Gasteiger charge is 2.53. The highest BCUT2D eigenvalue weighted by Crippen LogP contribution is 2.32. The van der Waals surface area contributed by atoms with Gasteiger partial charge in [0, 0.05) is 0 Å². The van der Waals surface area contributed by atoms with E-state index in [1.54, 1.807) is 0 Å². The van der Waals surface area contributed by atoms with Crippen LogP contribution in [0.1, 0.15) is 71.1 Å². The Hall–Kier alpha value is -0.640. The summed E-state index contributed by atoms with van der Waals surface area (Å²) >= 11 is 0. The molecule has 16 nitrogen and oxygen atoms in total. The van der Waals surface area contributed by atoms with E-state index < -0.39 is 112 Å². The Balaban J connectivity index is 1.69. The number of hydrogen-bond acceptors (Lipinski definition) is 16. The molecular formula is C30H59N3O13. The largest absolute Gasteiger partial charge is 0.394 e. The fourth-order valence-electron chi connectivity index (χ4n) is 6.26. The van der Waals surface area contributed by atoms with Crippen LogP contribution >= 0.6 is 0 Å². The topological polar surface area (TPSA) is 272 Å². The minimum absolute atomic E-state index is 0.445. The first-order valence-corrected chi connectivity index (χ1v) is 16.8. The lowest BCUT2D eigenvalue weighted by Crippen LogP contribution is -2.70. The van der Waals surface area contributed by atoms with E-state index in [1.165, 1.54) is 38.5 Å². The zero-order valence-corrected chi connectivity index (χ0v) is 26.8. The molecule has 0 radical (unpaired) electrons. The SMILES string of the molecule is CCCCCCCCCCCCN[C@H]1[C@H](OC2[C@@H](CO)O[C@@H](O)[C@H](N)[C@H]2O)O[C@H](CO)C(O[C@@H]2O[C@H](CO)[C@@H](O)[C@H](O)[C@H]2N)[C@@H]1O. The molecule has 46 heavy (non-hydrogen) atoms. The second-order valence-electron chi connectivity index (χ2n) is 12.7. The quantitative estimate of drug-likeness (QED) is 0.0607. The van der Waals surface area contributed by atoms with Crippen molar-refractivity contribution in [1.82, 2.24) is 5.32 Å². The highest BCUT2D eigenvalue weighted by atomic mass is 16.7. The standard InChI is InChI=1S/C30H59N3O13/c1-2-3-4-5-6-7-8-9-10-11-12-33-21-25(40)27(45-29-20(32)23(38)22(37)16(13-34)43-29)18(15-36)44-30(21)46-26-17(14-35)42-28(41)19(31)24(26)39/h16-30,33-41H,2-15,31-32H2,1H3/t16-,17-,18-,19-,20-,21-,22-,23-,24-,25-,26?,27?,28-,29+,30+/m1/s1. The van der Waals surface area contributed by atoms with Crippen LogP contribution in [0.2, 0.25) is 0 Å². The number of aliphatic hydroxyl groups excluding tert-OH is 8. The summed E-state index contributed by atoms with van der Waals surface area (Å²) in [7, 11) is 0. The molecule has 0 aliphatic carbocycles. The summed E-state index contributed by atoms with van der Waals surface area (Å²) < 4.78 is 28.9. The number of ether oxygens (including phenoxy) is 5. The van der Waals surface area contributed by atoms with Crippen LogP contribution in [0.3, 0.4) is 0 Å². The van der Waals surface area contributed by atoms with Gasteiger partial charge in [-0.3, -0.25) is 0 Å². The predicted molar refractivity (Wildman–Crippen MR) is 163 cm³/mol. The Kier molecular flexibility index (Phi) is 17.4. The molecule has 0 aromatic heterocycles. The van der Waals surface area contributed by atoms with Gasteiger partial charge < -0.3 is 81.3 Å². The van der Waals surface area contributed by atoms with E-state index in [2.05, 4.69) is 12.2 Å². The lowest BCUT2D eigenvalue weighted by atomic mass is 9.94. The third-order valence-electron chi connectivity index (χ3n) is 9.20. The van der Waals surface area contributed by atoms with Gasteiger partial charge in [0.15, 0.2) is 18.9 Å². The number of aliphatic hydroxyl groups is 8. The molecule has 3 aliphatic heterocycles. The van der Waals surface area contributed by atoms with Crippen molar-refractivity contribution in [1.29, 1.82) is 0 Å². The molecule has 0 saturated carbocycles. The molecule has 0 aromatic carbocycles. The highest BCUT2D eigenvalue weighted by molar-refractivity contribution is 4.99. The van der Waals surface area contributed by atoms with Crippen LogP contribution in [-0.4, -0.2) is 159 Å². The lowest BCUT2D eigenvalue weighted by molar-refractivity contribution is -0.350. The van der Waals surface area contributed by atoms with E-state index in [-0.39, 0.29) is 0 Å². The summed E-state index contributed by atoms with van der Waals surface area (Å²) in [6.45, 7) is 0.731. The molecule has 0 aromatic rings. The maximum atomic E-state index is 11.6. The molecule has 3 aliphatic rings. The first kappa shape index (κ1) is 39.8. The maximum Gasteiger partial charge on any atom is 0.176 e. The van der Waals surface area contributed by atoms with Gasteiger partial charge in [0.2, 0.25) is 0 Å².